The summed E-state index contributed by atoms with van der Waals surface area (Å²) in [7, 11) is 0. The lowest BCUT2D eigenvalue weighted by Gasteiger charge is -2.53. The van der Waals surface area contributed by atoms with Crippen molar-refractivity contribution >= 4 is 10.9 Å². The summed E-state index contributed by atoms with van der Waals surface area (Å²) in [6.45, 7) is 3.85. The number of benzene rings is 1. The third-order valence-electron chi connectivity index (χ3n) is 6.23. The third kappa shape index (κ3) is 2.71. The molecule has 1 aromatic carbocycles. The summed E-state index contributed by atoms with van der Waals surface area (Å²) in [5.74, 6) is 0.654. The first-order valence-corrected chi connectivity index (χ1v) is 9.37. The van der Waals surface area contributed by atoms with E-state index >= 15 is 0 Å². The number of hydrogen-bond donors (Lipinski definition) is 3. The molecule has 0 amide bonds. The standard InChI is InChI=1S/C21H26N2O3/c1-2-14-13-23-9-6-15(14)11-20(23)21(26,7-10-24)18-5-8-22-19-4-3-16(25)12-17(18)19/h2-5,8,12,15,20,24-26H,6-7,9-11,13H2,1H3/b14-2+. The molecular formula is C21H26N2O3. The number of piperidine rings is 3. The summed E-state index contributed by atoms with van der Waals surface area (Å²) >= 11 is 0. The molecule has 1 aromatic heterocycles. The van der Waals surface area contributed by atoms with Gasteiger partial charge in [-0.1, -0.05) is 11.6 Å². The number of phenolic OH excluding ortho intramolecular Hbond substituents is 1. The number of pyridine rings is 1. The number of aliphatic hydroxyl groups is 2. The molecule has 4 unspecified atom stereocenters. The predicted octanol–water partition coefficient (Wildman–Crippen LogP) is 2.55. The Hall–Kier alpha value is -1.95. The van der Waals surface area contributed by atoms with E-state index in [9.17, 15) is 15.3 Å². The van der Waals surface area contributed by atoms with Gasteiger partial charge in [-0.25, -0.2) is 0 Å². The van der Waals surface area contributed by atoms with E-state index in [1.54, 1.807) is 24.4 Å². The van der Waals surface area contributed by atoms with Gasteiger partial charge in [-0.3, -0.25) is 9.88 Å². The minimum Gasteiger partial charge on any atom is -0.508 e. The normalized spacial score (nSPS) is 29.2. The summed E-state index contributed by atoms with van der Waals surface area (Å²) in [5, 5.41) is 32.3. The maximum Gasteiger partial charge on any atom is 0.116 e. The van der Waals surface area contributed by atoms with Gasteiger partial charge in [-0.15, -0.1) is 0 Å². The molecule has 3 aliphatic rings. The number of nitrogens with zero attached hydrogens (tertiary/aromatic N) is 2. The lowest BCUT2D eigenvalue weighted by Crippen LogP contribution is -2.59. The Bertz CT molecular complexity index is 850. The fourth-order valence-electron chi connectivity index (χ4n) is 4.89. The topological polar surface area (TPSA) is 76.8 Å². The maximum atomic E-state index is 11.8. The fourth-order valence-corrected chi connectivity index (χ4v) is 4.89. The molecular weight excluding hydrogens is 328 g/mol. The van der Waals surface area contributed by atoms with Crippen LogP contribution in [0, 0.1) is 5.92 Å². The number of aliphatic hydroxyl groups excluding tert-OH is 1. The molecule has 0 aliphatic carbocycles. The van der Waals surface area contributed by atoms with Gasteiger partial charge in [0.25, 0.3) is 0 Å². The summed E-state index contributed by atoms with van der Waals surface area (Å²) in [5.41, 5.74) is 1.76. The van der Waals surface area contributed by atoms with Gasteiger partial charge in [-0.05, 0) is 62.1 Å². The Balaban J connectivity index is 1.82. The summed E-state index contributed by atoms with van der Waals surface area (Å²) < 4.78 is 0. The molecule has 3 N–H and O–H groups in total. The molecule has 5 rings (SSSR count). The van der Waals surface area contributed by atoms with Crippen LogP contribution in [-0.4, -0.2) is 50.9 Å². The second kappa shape index (κ2) is 6.65. The summed E-state index contributed by atoms with van der Waals surface area (Å²) in [4.78, 5) is 6.71. The van der Waals surface area contributed by atoms with Crippen molar-refractivity contribution in [3.63, 3.8) is 0 Å². The van der Waals surface area contributed by atoms with Crippen molar-refractivity contribution < 1.29 is 15.3 Å². The van der Waals surface area contributed by atoms with Crippen LogP contribution in [0.4, 0.5) is 0 Å². The highest BCUT2D eigenvalue weighted by molar-refractivity contribution is 5.84. The summed E-state index contributed by atoms with van der Waals surface area (Å²) in [6.07, 6.45) is 6.19. The SMILES string of the molecule is C/C=C1\CN2CCC1CC2C(O)(CCO)c1ccnc2ccc(O)cc12. The molecule has 2 aromatic rings. The van der Waals surface area contributed by atoms with Crippen LogP contribution in [-0.2, 0) is 5.60 Å². The number of aromatic nitrogens is 1. The molecule has 3 aliphatic heterocycles. The van der Waals surface area contributed by atoms with Gasteiger partial charge in [0.1, 0.15) is 11.4 Å². The zero-order valence-electron chi connectivity index (χ0n) is 15.1. The van der Waals surface area contributed by atoms with Crippen LogP contribution in [0.15, 0.2) is 42.1 Å². The second-order valence-corrected chi connectivity index (χ2v) is 7.53. The molecule has 5 nitrogen and oxygen atoms in total. The zero-order valence-corrected chi connectivity index (χ0v) is 15.1. The molecule has 3 saturated heterocycles. The van der Waals surface area contributed by atoms with Gasteiger partial charge in [0.2, 0.25) is 0 Å². The van der Waals surface area contributed by atoms with Gasteiger partial charge in [0.05, 0.1) is 5.52 Å². The lowest BCUT2D eigenvalue weighted by atomic mass is 9.70. The van der Waals surface area contributed by atoms with Gasteiger partial charge < -0.3 is 15.3 Å². The van der Waals surface area contributed by atoms with Crippen LogP contribution in [0.5, 0.6) is 5.75 Å². The van der Waals surface area contributed by atoms with Crippen LogP contribution < -0.4 is 0 Å². The van der Waals surface area contributed by atoms with Gasteiger partial charge >= 0.3 is 0 Å². The molecule has 138 valence electrons. The molecule has 0 radical (unpaired) electrons. The first kappa shape index (κ1) is 17.5. The lowest BCUT2D eigenvalue weighted by molar-refractivity contribution is -0.0955. The number of phenols is 1. The van der Waals surface area contributed by atoms with Crippen molar-refractivity contribution in [2.24, 2.45) is 5.92 Å². The largest absolute Gasteiger partial charge is 0.508 e. The van der Waals surface area contributed by atoms with Crippen LogP contribution in [0.3, 0.4) is 0 Å². The molecule has 4 atom stereocenters. The quantitative estimate of drug-likeness (QED) is 0.736. The predicted molar refractivity (Wildman–Crippen MR) is 101 cm³/mol. The highest BCUT2D eigenvalue weighted by atomic mass is 16.3. The Morgan fingerprint density at radius 2 is 2.19 bits per heavy atom. The number of rotatable bonds is 4. The second-order valence-electron chi connectivity index (χ2n) is 7.53. The number of hydrogen-bond acceptors (Lipinski definition) is 5. The van der Waals surface area contributed by atoms with Crippen LogP contribution in [0.2, 0.25) is 0 Å². The van der Waals surface area contributed by atoms with E-state index < -0.39 is 5.60 Å². The van der Waals surface area contributed by atoms with E-state index in [1.165, 1.54) is 5.57 Å². The smallest absolute Gasteiger partial charge is 0.116 e. The molecule has 2 bridgehead atoms. The number of fused-ring (bicyclic) bond motifs is 4. The minimum atomic E-state index is -1.18. The monoisotopic (exact) mass is 354 g/mol. The molecule has 3 fully saturated rings. The van der Waals surface area contributed by atoms with E-state index in [-0.39, 0.29) is 24.8 Å². The molecule has 0 saturated carbocycles. The highest BCUT2D eigenvalue weighted by Crippen LogP contribution is 2.45. The Labute approximate surface area is 153 Å². The highest BCUT2D eigenvalue weighted by Gasteiger charge is 2.48. The van der Waals surface area contributed by atoms with E-state index in [2.05, 4.69) is 22.9 Å². The third-order valence-corrected chi connectivity index (χ3v) is 6.23. The van der Waals surface area contributed by atoms with Crippen molar-refractivity contribution in [3.8, 4) is 5.75 Å². The maximum absolute atomic E-state index is 11.8. The number of allylic oxidation sites excluding steroid dienone is 1. The van der Waals surface area contributed by atoms with E-state index in [0.29, 0.717) is 5.92 Å². The molecule has 5 heteroatoms. The first-order chi connectivity index (χ1) is 12.6. The Morgan fingerprint density at radius 1 is 1.35 bits per heavy atom. The van der Waals surface area contributed by atoms with Gasteiger partial charge in [-0.2, -0.15) is 0 Å². The van der Waals surface area contributed by atoms with Crippen molar-refractivity contribution in [1.29, 1.82) is 0 Å². The zero-order chi connectivity index (χ0) is 18.3. The average Bonchev–Trinajstić information content (AvgIpc) is 2.67. The average molecular weight is 354 g/mol. The van der Waals surface area contributed by atoms with Crippen LogP contribution in [0.25, 0.3) is 10.9 Å². The van der Waals surface area contributed by atoms with Crippen molar-refractivity contribution in [1.82, 2.24) is 9.88 Å². The fraction of sp³-hybridized carbons (Fsp3) is 0.476. The van der Waals surface area contributed by atoms with E-state index in [1.807, 2.05) is 6.07 Å². The number of aromatic hydroxyl groups is 1. The van der Waals surface area contributed by atoms with Crippen molar-refractivity contribution in [2.75, 3.05) is 19.7 Å². The van der Waals surface area contributed by atoms with Crippen LogP contribution >= 0.6 is 0 Å². The Kier molecular flexibility index (Phi) is 4.47. The first-order valence-electron chi connectivity index (χ1n) is 9.37. The molecule has 0 spiro atoms. The van der Waals surface area contributed by atoms with E-state index in [0.717, 1.165) is 42.4 Å². The van der Waals surface area contributed by atoms with Crippen LogP contribution in [0.1, 0.15) is 31.7 Å². The molecule has 26 heavy (non-hydrogen) atoms. The Morgan fingerprint density at radius 3 is 2.88 bits per heavy atom. The van der Waals surface area contributed by atoms with E-state index in [4.69, 9.17) is 0 Å². The van der Waals surface area contributed by atoms with Crippen molar-refractivity contribution in [3.05, 3.63) is 47.7 Å². The van der Waals surface area contributed by atoms with Crippen molar-refractivity contribution in [2.45, 2.75) is 37.8 Å². The van der Waals surface area contributed by atoms with Gasteiger partial charge in [0.15, 0.2) is 0 Å². The van der Waals surface area contributed by atoms with Gasteiger partial charge in [0, 0.05) is 37.2 Å². The molecule has 4 heterocycles. The minimum absolute atomic E-state index is 0.0509. The summed E-state index contributed by atoms with van der Waals surface area (Å²) in [6, 6.07) is 6.81.